The fourth-order valence-corrected chi connectivity index (χ4v) is 3.73. The number of likely N-dealkylation sites (N-methyl/N-ethyl adjacent to an activating group) is 1. The molecule has 1 N–H and O–H groups in total. The smallest absolute Gasteiger partial charge is 0.407 e. The SMILES string of the molecule is CN1CC2CC1CN2C1CCN(C(=O)O)CC1. The molecule has 0 spiro atoms. The Kier molecular flexibility index (Phi) is 2.75. The van der Waals surface area contributed by atoms with Crippen molar-refractivity contribution in [3.05, 3.63) is 0 Å². The van der Waals surface area contributed by atoms with Crippen LogP contribution in [0.3, 0.4) is 0 Å². The Labute approximate surface area is 102 Å². The Morgan fingerprint density at radius 1 is 1.12 bits per heavy atom. The summed E-state index contributed by atoms with van der Waals surface area (Å²) in [5.74, 6) is 0. The molecule has 0 aromatic heterocycles. The topological polar surface area (TPSA) is 47.0 Å². The highest BCUT2D eigenvalue weighted by Gasteiger charge is 2.44. The number of hydrogen-bond acceptors (Lipinski definition) is 3. The summed E-state index contributed by atoms with van der Waals surface area (Å²) >= 11 is 0. The van der Waals surface area contributed by atoms with Gasteiger partial charge in [-0.05, 0) is 26.3 Å². The zero-order chi connectivity index (χ0) is 12.0. The van der Waals surface area contributed by atoms with E-state index in [0.29, 0.717) is 19.1 Å². The van der Waals surface area contributed by atoms with Crippen LogP contribution < -0.4 is 0 Å². The van der Waals surface area contributed by atoms with Crippen molar-refractivity contribution in [3.63, 3.8) is 0 Å². The van der Waals surface area contributed by atoms with Crippen LogP contribution in [0.25, 0.3) is 0 Å². The first-order chi connectivity index (χ1) is 8.15. The fraction of sp³-hybridized carbons (Fsp3) is 0.917. The van der Waals surface area contributed by atoms with E-state index in [-0.39, 0.29) is 0 Å². The van der Waals surface area contributed by atoms with Crippen molar-refractivity contribution >= 4 is 6.09 Å². The minimum absolute atomic E-state index is 0.620. The molecule has 0 aliphatic carbocycles. The van der Waals surface area contributed by atoms with E-state index in [1.807, 2.05) is 0 Å². The van der Waals surface area contributed by atoms with Crippen LogP contribution in [0.4, 0.5) is 4.79 Å². The lowest BCUT2D eigenvalue weighted by Crippen LogP contribution is -2.53. The van der Waals surface area contributed by atoms with E-state index in [2.05, 4.69) is 16.8 Å². The van der Waals surface area contributed by atoms with Gasteiger partial charge < -0.3 is 14.9 Å². The normalized spacial score (nSPS) is 35.7. The number of likely N-dealkylation sites (tertiary alicyclic amines) is 3. The van der Waals surface area contributed by atoms with Crippen LogP contribution in [0, 0.1) is 0 Å². The molecule has 3 fully saturated rings. The molecule has 1 amide bonds. The number of amides is 1. The van der Waals surface area contributed by atoms with Crippen LogP contribution in [0.2, 0.25) is 0 Å². The predicted octanol–water partition coefficient (Wildman–Crippen LogP) is 0.517. The molecule has 3 aliphatic rings. The average Bonchev–Trinajstić information content (AvgIpc) is 2.87. The first kappa shape index (κ1) is 11.3. The molecule has 3 aliphatic heterocycles. The molecule has 96 valence electrons. The molecule has 0 saturated carbocycles. The van der Waals surface area contributed by atoms with Gasteiger partial charge in [0.15, 0.2) is 0 Å². The highest BCUT2D eigenvalue weighted by atomic mass is 16.4. The summed E-state index contributed by atoms with van der Waals surface area (Å²) in [6, 6.07) is 2.10. The summed E-state index contributed by atoms with van der Waals surface area (Å²) in [7, 11) is 2.22. The molecule has 2 atom stereocenters. The van der Waals surface area contributed by atoms with E-state index in [1.165, 1.54) is 19.5 Å². The zero-order valence-corrected chi connectivity index (χ0v) is 10.4. The van der Waals surface area contributed by atoms with Gasteiger partial charge in [-0.25, -0.2) is 4.79 Å². The maximum Gasteiger partial charge on any atom is 0.407 e. The molecule has 5 heteroatoms. The van der Waals surface area contributed by atoms with E-state index in [9.17, 15) is 4.79 Å². The molecule has 3 saturated heterocycles. The van der Waals surface area contributed by atoms with Gasteiger partial charge in [-0.2, -0.15) is 0 Å². The molecule has 2 unspecified atom stereocenters. The molecule has 3 rings (SSSR count). The molecule has 0 aromatic rings. The quantitative estimate of drug-likeness (QED) is 0.724. The van der Waals surface area contributed by atoms with Gasteiger partial charge in [-0.3, -0.25) is 4.90 Å². The second kappa shape index (κ2) is 4.14. The average molecular weight is 239 g/mol. The molecule has 17 heavy (non-hydrogen) atoms. The molecular formula is C12H21N3O2. The van der Waals surface area contributed by atoms with E-state index < -0.39 is 6.09 Å². The Hall–Kier alpha value is -0.810. The summed E-state index contributed by atoms with van der Waals surface area (Å²) in [6.45, 7) is 3.82. The van der Waals surface area contributed by atoms with Gasteiger partial charge in [-0.1, -0.05) is 0 Å². The van der Waals surface area contributed by atoms with Crippen LogP contribution in [0.5, 0.6) is 0 Å². The Bertz CT molecular complexity index is 313. The first-order valence-corrected chi connectivity index (χ1v) is 6.59. The highest BCUT2D eigenvalue weighted by Crippen LogP contribution is 2.33. The maximum absolute atomic E-state index is 10.9. The lowest BCUT2D eigenvalue weighted by Gasteiger charge is -2.41. The van der Waals surface area contributed by atoms with Gasteiger partial charge in [0.1, 0.15) is 0 Å². The summed E-state index contributed by atoms with van der Waals surface area (Å²) in [5, 5.41) is 8.94. The fourth-order valence-electron chi connectivity index (χ4n) is 3.73. The second-order valence-corrected chi connectivity index (χ2v) is 5.68. The molecule has 0 radical (unpaired) electrons. The van der Waals surface area contributed by atoms with Crippen LogP contribution in [-0.4, -0.2) is 77.3 Å². The van der Waals surface area contributed by atoms with Gasteiger partial charge >= 0.3 is 6.09 Å². The maximum atomic E-state index is 10.9. The number of carbonyl (C=O) groups is 1. The van der Waals surface area contributed by atoms with Crippen molar-refractivity contribution in [3.8, 4) is 0 Å². The largest absolute Gasteiger partial charge is 0.465 e. The molecular weight excluding hydrogens is 218 g/mol. The van der Waals surface area contributed by atoms with Crippen molar-refractivity contribution in [1.29, 1.82) is 0 Å². The number of hydrogen-bond donors (Lipinski definition) is 1. The van der Waals surface area contributed by atoms with Crippen LogP contribution in [0.15, 0.2) is 0 Å². The number of fused-ring (bicyclic) bond motifs is 2. The lowest BCUT2D eigenvalue weighted by molar-refractivity contribution is 0.0617. The van der Waals surface area contributed by atoms with Crippen LogP contribution >= 0.6 is 0 Å². The first-order valence-electron chi connectivity index (χ1n) is 6.59. The monoisotopic (exact) mass is 239 g/mol. The lowest BCUT2D eigenvalue weighted by atomic mass is 10.0. The van der Waals surface area contributed by atoms with Crippen molar-refractivity contribution < 1.29 is 9.90 Å². The second-order valence-electron chi connectivity index (χ2n) is 5.68. The highest BCUT2D eigenvalue weighted by molar-refractivity contribution is 5.65. The van der Waals surface area contributed by atoms with E-state index in [4.69, 9.17) is 5.11 Å². The van der Waals surface area contributed by atoms with Gasteiger partial charge in [0.05, 0.1) is 0 Å². The van der Waals surface area contributed by atoms with Crippen molar-refractivity contribution in [1.82, 2.24) is 14.7 Å². The predicted molar refractivity (Wildman–Crippen MR) is 64.1 cm³/mol. The van der Waals surface area contributed by atoms with E-state index in [1.54, 1.807) is 4.90 Å². The Morgan fingerprint density at radius 2 is 1.82 bits per heavy atom. The third-order valence-electron chi connectivity index (χ3n) is 4.76. The minimum atomic E-state index is -0.758. The zero-order valence-electron chi connectivity index (χ0n) is 10.4. The van der Waals surface area contributed by atoms with Crippen LogP contribution in [0.1, 0.15) is 19.3 Å². The number of nitrogens with zero attached hydrogens (tertiary/aromatic N) is 3. The summed E-state index contributed by atoms with van der Waals surface area (Å²) in [5.41, 5.74) is 0. The minimum Gasteiger partial charge on any atom is -0.465 e. The van der Waals surface area contributed by atoms with E-state index >= 15 is 0 Å². The van der Waals surface area contributed by atoms with Gasteiger partial charge in [0.2, 0.25) is 0 Å². The summed E-state index contributed by atoms with van der Waals surface area (Å²) in [4.78, 5) is 17.5. The number of carboxylic acid groups (broad SMARTS) is 1. The standard InChI is InChI=1S/C12H21N3O2/c1-13-7-11-6-10(13)8-15(11)9-2-4-14(5-3-9)12(16)17/h9-11H,2-8H2,1H3,(H,16,17). The molecule has 5 nitrogen and oxygen atoms in total. The summed E-state index contributed by atoms with van der Waals surface area (Å²) in [6.07, 6.45) is 2.58. The molecule has 0 aromatic carbocycles. The van der Waals surface area contributed by atoms with Crippen LogP contribution in [-0.2, 0) is 0 Å². The van der Waals surface area contributed by atoms with Crippen molar-refractivity contribution in [2.75, 3.05) is 33.2 Å². The van der Waals surface area contributed by atoms with Crippen molar-refractivity contribution in [2.45, 2.75) is 37.4 Å². The van der Waals surface area contributed by atoms with Crippen molar-refractivity contribution in [2.24, 2.45) is 0 Å². The van der Waals surface area contributed by atoms with E-state index in [0.717, 1.165) is 24.9 Å². The summed E-state index contributed by atoms with van der Waals surface area (Å²) < 4.78 is 0. The number of rotatable bonds is 1. The molecule has 3 heterocycles. The third-order valence-corrected chi connectivity index (χ3v) is 4.76. The Morgan fingerprint density at radius 3 is 2.29 bits per heavy atom. The van der Waals surface area contributed by atoms with Gasteiger partial charge in [-0.15, -0.1) is 0 Å². The van der Waals surface area contributed by atoms with Gasteiger partial charge in [0.25, 0.3) is 0 Å². The Balaban J connectivity index is 1.56. The number of piperidine rings is 1. The third kappa shape index (κ3) is 1.91. The van der Waals surface area contributed by atoms with Gasteiger partial charge in [0, 0.05) is 44.3 Å². The molecule has 2 bridgehead atoms. The number of piperazine rings is 1.